The van der Waals surface area contributed by atoms with Crippen molar-refractivity contribution < 1.29 is 0 Å². The second-order valence-corrected chi connectivity index (χ2v) is 6.38. The summed E-state index contributed by atoms with van der Waals surface area (Å²) in [6, 6.07) is 6.31. The van der Waals surface area contributed by atoms with Crippen molar-refractivity contribution in [3.05, 3.63) is 33.3 Å². The zero-order chi connectivity index (χ0) is 12.7. The molecule has 4 heteroatoms. The third-order valence-corrected chi connectivity index (χ3v) is 4.48. The van der Waals surface area contributed by atoms with E-state index >= 15 is 0 Å². The van der Waals surface area contributed by atoms with Crippen LogP contribution in [0.3, 0.4) is 0 Å². The third kappa shape index (κ3) is 4.82. The lowest BCUT2D eigenvalue weighted by Gasteiger charge is -2.21. The van der Waals surface area contributed by atoms with Crippen LogP contribution in [0.1, 0.15) is 31.9 Å². The molecule has 0 bridgehead atoms. The number of nitrogens with one attached hydrogen (secondary N) is 1. The van der Waals surface area contributed by atoms with Crippen LogP contribution in [0.15, 0.2) is 22.7 Å². The van der Waals surface area contributed by atoms with Crippen LogP contribution in [0, 0.1) is 0 Å². The van der Waals surface area contributed by atoms with E-state index in [0.717, 1.165) is 34.0 Å². The largest absolute Gasteiger partial charge is 0.309 e. The SMILES string of the molecule is CCCNC(CSCC)c1c(Cl)cccc1Br. The van der Waals surface area contributed by atoms with Crippen LogP contribution in [0.5, 0.6) is 0 Å². The summed E-state index contributed by atoms with van der Waals surface area (Å²) < 4.78 is 1.09. The van der Waals surface area contributed by atoms with E-state index in [2.05, 4.69) is 41.2 Å². The maximum Gasteiger partial charge on any atom is 0.0465 e. The summed E-state index contributed by atoms with van der Waals surface area (Å²) in [5.74, 6) is 2.19. The minimum atomic E-state index is 0.322. The quantitative estimate of drug-likeness (QED) is 0.760. The highest BCUT2D eigenvalue weighted by molar-refractivity contribution is 9.10. The molecule has 0 heterocycles. The Balaban J connectivity index is 2.86. The molecule has 1 atom stereocenters. The molecule has 0 radical (unpaired) electrons. The fourth-order valence-corrected chi connectivity index (χ4v) is 3.46. The molecule has 0 spiro atoms. The van der Waals surface area contributed by atoms with E-state index in [1.807, 2.05) is 23.9 Å². The second kappa shape index (κ2) is 8.41. The molecular weight excluding hydrogens is 318 g/mol. The van der Waals surface area contributed by atoms with E-state index in [4.69, 9.17) is 11.6 Å². The van der Waals surface area contributed by atoms with Crippen LogP contribution in [-0.4, -0.2) is 18.1 Å². The molecule has 0 aliphatic heterocycles. The van der Waals surface area contributed by atoms with E-state index in [-0.39, 0.29) is 0 Å². The molecule has 1 aromatic rings. The van der Waals surface area contributed by atoms with E-state index in [9.17, 15) is 0 Å². The average Bonchev–Trinajstić information content (AvgIpc) is 2.31. The first-order chi connectivity index (χ1) is 8.20. The van der Waals surface area contributed by atoms with Crippen molar-refractivity contribution in [2.45, 2.75) is 26.3 Å². The number of thioether (sulfide) groups is 1. The van der Waals surface area contributed by atoms with Crippen molar-refractivity contribution in [3.63, 3.8) is 0 Å². The lowest BCUT2D eigenvalue weighted by molar-refractivity contribution is 0.576. The molecule has 0 saturated heterocycles. The van der Waals surface area contributed by atoms with E-state index in [1.165, 1.54) is 5.56 Å². The Morgan fingerprint density at radius 3 is 2.76 bits per heavy atom. The van der Waals surface area contributed by atoms with Crippen LogP contribution >= 0.6 is 39.3 Å². The summed E-state index contributed by atoms with van der Waals surface area (Å²) >= 11 is 11.8. The molecule has 1 rings (SSSR count). The molecule has 1 nitrogen and oxygen atoms in total. The normalized spacial score (nSPS) is 12.7. The van der Waals surface area contributed by atoms with Gasteiger partial charge in [-0.3, -0.25) is 0 Å². The molecule has 1 N–H and O–H groups in total. The van der Waals surface area contributed by atoms with Crippen LogP contribution in [-0.2, 0) is 0 Å². The Morgan fingerprint density at radius 2 is 2.18 bits per heavy atom. The highest BCUT2D eigenvalue weighted by atomic mass is 79.9. The Kier molecular flexibility index (Phi) is 7.60. The average molecular weight is 337 g/mol. The molecule has 0 fully saturated rings. The third-order valence-electron chi connectivity index (χ3n) is 2.48. The van der Waals surface area contributed by atoms with Crippen molar-refractivity contribution in [3.8, 4) is 0 Å². The van der Waals surface area contributed by atoms with Crippen molar-refractivity contribution in [2.75, 3.05) is 18.1 Å². The van der Waals surface area contributed by atoms with Gasteiger partial charge in [0.25, 0.3) is 0 Å². The maximum atomic E-state index is 6.30. The van der Waals surface area contributed by atoms with E-state index in [0.29, 0.717) is 6.04 Å². The van der Waals surface area contributed by atoms with Crippen molar-refractivity contribution >= 4 is 39.3 Å². The lowest BCUT2D eigenvalue weighted by atomic mass is 10.1. The standard InChI is InChI=1S/C13H19BrClNS/c1-3-8-16-12(9-17-4-2)13-10(14)6-5-7-11(13)15/h5-7,12,16H,3-4,8-9H2,1-2H3. The number of rotatable bonds is 7. The van der Waals surface area contributed by atoms with Gasteiger partial charge < -0.3 is 5.32 Å². The summed E-state index contributed by atoms with van der Waals surface area (Å²) in [6.45, 7) is 5.38. The van der Waals surface area contributed by atoms with Crippen LogP contribution in [0.25, 0.3) is 0 Å². The number of benzene rings is 1. The summed E-state index contributed by atoms with van der Waals surface area (Å²) in [4.78, 5) is 0. The number of hydrogen-bond donors (Lipinski definition) is 1. The summed E-state index contributed by atoms with van der Waals surface area (Å²) in [7, 11) is 0. The minimum absolute atomic E-state index is 0.322. The Hall–Kier alpha value is 0.300. The second-order valence-electron chi connectivity index (χ2n) is 3.80. The Labute approximate surface area is 122 Å². The van der Waals surface area contributed by atoms with Gasteiger partial charge in [-0.25, -0.2) is 0 Å². The van der Waals surface area contributed by atoms with E-state index < -0.39 is 0 Å². The zero-order valence-electron chi connectivity index (χ0n) is 10.3. The van der Waals surface area contributed by atoms with Crippen LogP contribution < -0.4 is 5.32 Å². The van der Waals surface area contributed by atoms with E-state index in [1.54, 1.807) is 0 Å². The number of hydrogen-bond acceptors (Lipinski definition) is 2. The molecule has 0 aliphatic rings. The van der Waals surface area contributed by atoms with Crippen LogP contribution in [0.2, 0.25) is 5.02 Å². The molecule has 1 unspecified atom stereocenters. The highest BCUT2D eigenvalue weighted by Crippen LogP contribution is 2.32. The fraction of sp³-hybridized carbons (Fsp3) is 0.538. The molecule has 96 valence electrons. The molecule has 1 aromatic carbocycles. The lowest BCUT2D eigenvalue weighted by Crippen LogP contribution is -2.25. The summed E-state index contributed by atoms with van der Waals surface area (Å²) in [6.07, 6.45) is 1.13. The number of halogens is 2. The topological polar surface area (TPSA) is 12.0 Å². The van der Waals surface area contributed by atoms with Gasteiger partial charge in [0.1, 0.15) is 0 Å². The van der Waals surface area contributed by atoms with Gasteiger partial charge in [0.15, 0.2) is 0 Å². The molecule has 0 saturated carbocycles. The molecule has 0 aromatic heterocycles. The summed E-state index contributed by atoms with van der Waals surface area (Å²) in [5.41, 5.74) is 1.18. The Bertz CT molecular complexity index is 318. The first-order valence-corrected chi connectivity index (χ1v) is 8.28. The molecule has 17 heavy (non-hydrogen) atoms. The first-order valence-electron chi connectivity index (χ1n) is 5.95. The predicted molar refractivity (Wildman–Crippen MR) is 83.2 cm³/mol. The molecule has 0 aliphatic carbocycles. The maximum absolute atomic E-state index is 6.30. The smallest absolute Gasteiger partial charge is 0.0465 e. The van der Waals surface area contributed by atoms with Gasteiger partial charge in [-0.1, -0.05) is 47.4 Å². The van der Waals surface area contributed by atoms with Gasteiger partial charge in [-0.15, -0.1) is 0 Å². The van der Waals surface area contributed by atoms with Crippen LogP contribution in [0.4, 0.5) is 0 Å². The molecular formula is C13H19BrClNS. The Morgan fingerprint density at radius 1 is 1.41 bits per heavy atom. The van der Waals surface area contributed by atoms with Gasteiger partial charge in [0.05, 0.1) is 0 Å². The van der Waals surface area contributed by atoms with Crippen molar-refractivity contribution in [1.82, 2.24) is 5.32 Å². The van der Waals surface area contributed by atoms with Gasteiger partial charge in [-0.2, -0.15) is 11.8 Å². The zero-order valence-corrected chi connectivity index (χ0v) is 13.5. The predicted octanol–water partition coefficient (Wildman–Crippen LogP) is 4.90. The highest BCUT2D eigenvalue weighted by Gasteiger charge is 2.16. The van der Waals surface area contributed by atoms with Gasteiger partial charge >= 0.3 is 0 Å². The van der Waals surface area contributed by atoms with Gasteiger partial charge in [0, 0.05) is 26.9 Å². The first kappa shape index (κ1) is 15.4. The van der Waals surface area contributed by atoms with Gasteiger partial charge in [0.2, 0.25) is 0 Å². The van der Waals surface area contributed by atoms with Crippen molar-refractivity contribution in [1.29, 1.82) is 0 Å². The molecule has 0 amide bonds. The van der Waals surface area contributed by atoms with Crippen molar-refractivity contribution in [2.24, 2.45) is 0 Å². The fourth-order valence-electron chi connectivity index (χ4n) is 1.64. The summed E-state index contributed by atoms with van der Waals surface area (Å²) in [5, 5.41) is 4.40. The monoisotopic (exact) mass is 335 g/mol. The minimum Gasteiger partial charge on any atom is -0.309 e. The van der Waals surface area contributed by atoms with Gasteiger partial charge in [-0.05, 0) is 30.9 Å².